The Morgan fingerprint density at radius 3 is 2.61 bits per heavy atom. The van der Waals surface area contributed by atoms with E-state index >= 15 is 0 Å². The van der Waals surface area contributed by atoms with Crippen LogP contribution in [-0.4, -0.2) is 41.5 Å². The lowest BCUT2D eigenvalue weighted by Crippen LogP contribution is -2.55. The summed E-state index contributed by atoms with van der Waals surface area (Å²) >= 11 is 0. The zero-order valence-corrected chi connectivity index (χ0v) is 14.1. The predicted molar refractivity (Wildman–Crippen MR) is 87.0 cm³/mol. The molecule has 0 unspecified atom stereocenters. The molecule has 0 radical (unpaired) electrons. The maximum Gasteiger partial charge on any atom is 0.276 e. The molecule has 0 aliphatic carbocycles. The predicted octanol–water partition coefficient (Wildman–Crippen LogP) is 2.53. The second-order valence-electron chi connectivity index (χ2n) is 6.29. The minimum atomic E-state index is -0.165. The van der Waals surface area contributed by atoms with E-state index < -0.39 is 0 Å². The molecule has 1 aliphatic rings. The normalized spacial score (nSPS) is 14.6. The van der Waals surface area contributed by atoms with Crippen molar-refractivity contribution in [3.05, 3.63) is 17.5 Å². The molecule has 0 bridgehead atoms. The molecule has 23 heavy (non-hydrogen) atoms. The van der Waals surface area contributed by atoms with Crippen LogP contribution in [0, 0.1) is 12.8 Å². The summed E-state index contributed by atoms with van der Waals surface area (Å²) in [5.41, 5.74) is 0.313. The molecule has 0 aromatic carbocycles. The number of unbranched alkanes of at least 4 members (excludes halogenated alkanes) is 5. The van der Waals surface area contributed by atoms with Crippen molar-refractivity contribution in [2.24, 2.45) is 5.92 Å². The average Bonchev–Trinajstić information content (AvgIpc) is 2.91. The first-order valence-corrected chi connectivity index (χ1v) is 8.62. The van der Waals surface area contributed by atoms with Gasteiger partial charge in [-0.15, -0.1) is 0 Å². The second-order valence-corrected chi connectivity index (χ2v) is 6.29. The molecular weight excluding hydrogens is 294 g/mol. The molecule has 6 nitrogen and oxygen atoms in total. The van der Waals surface area contributed by atoms with Crippen molar-refractivity contribution in [1.82, 2.24) is 15.4 Å². The van der Waals surface area contributed by atoms with Gasteiger partial charge in [0, 0.05) is 25.7 Å². The molecule has 0 spiro atoms. The molecule has 0 saturated carbocycles. The second kappa shape index (κ2) is 8.70. The lowest BCUT2D eigenvalue weighted by atomic mass is 9.98. The van der Waals surface area contributed by atoms with E-state index in [4.69, 9.17) is 4.52 Å². The van der Waals surface area contributed by atoms with Gasteiger partial charge >= 0.3 is 0 Å². The fourth-order valence-electron chi connectivity index (χ4n) is 2.70. The zero-order chi connectivity index (χ0) is 16.7. The van der Waals surface area contributed by atoms with Crippen LogP contribution in [0.15, 0.2) is 10.6 Å². The molecule has 128 valence electrons. The van der Waals surface area contributed by atoms with Gasteiger partial charge in [0.15, 0.2) is 5.69 Å². The van der Waals surface area contributed by atoms with Crippen LogP contribution in [0.1, 0.15) is 61.7 Å². The van der Waals surface area contributed by atoms with E-state index in [1.807, 2.05) is 0 Å². The van der Waals surface area contributed by atoms with Crippen LogP contribution in [0.3, 0.4) is 0 Å². The van der Waals surface area contributed by atoms with E-state index in [2.05, 4.69) is 17.4 Å². The van der Waals surface area contributed by atoms with Gasteiger partial charge in [-0.25, -0.2) is 0 Å². The largest absolute Gasteiger partial charge is 0.361 e. The number of hydrogen-bond acceptors (Lipinski definition) is 4. The molecular formula is C17H27N3O3. The van der Waals surface area contributed by atoms with E-state index in [1.54, 1.807) is 17.9 Å². The molecule has 1 aromatic rings. The van der Waals surface area contributed by atoms with Gasteiger partial charge in [0.25, 0.3) is 5.91 Å². The summed E-state index contributed by atoms with van der Waals surface area (Å²) in [7, 11) is 0. The van der Waals surface area contributed by atoms with Gasteiger partial charge in [-0.2, -0.15) is 0 Å². The van der Waals surface area contributed by atoms with Crippen molar-refractivity contribution in [3.63, 3.8) is 0 Å². The Kier molecular flexibility index (Phi) is 6.62. The van der Waals surface area contributed by atoms with Crippen molar-refractivity contribution in [3.8, 4) is 0 Å². The summed E-state index contributed by atoms with van der Waals surface area (Å²) in [6.45, 7) is 5.62. The minimum Gasteiger partial charge on any atom is -0.361 e. The van der Waals surface area contributed by atoms with Gasteiger partial charge in [-0.05, 0) is 13.3 Å². The summed E-state index contributed by atoms with van der Waals surface area (Å²) in [6, 6.07) is 1.62. The van der Waals surface area contributed by atoms with Crippen LogP contribution < -0.4 is 5.32 Å². The Balaban J connectivity index is 1.57. The highest BCUT2D eigenvalue weighted by atomic mass is 16.5. The van der Waals surface area contributed by atoms with Gasteiger partial charge in [-0.3, -0.25) is 9.59 Å². The number of aromatic nitrogens is 1. The van der Waals surface area contributed by atoms with Crippen LogP contribution in [0.25, 0.3) is 0 Å². The number of carbonyl (C=O) groups excluding carboxylic acids is 2. The first kappa shape index (κ1) is 17.5. The van der Waals surface area contributed by atoms with E-state index in [1.165, 1.54) is 32.1 Å². The van der Waals surface area contributed by atoms with E-state index in [0.717, 1.165) is 13.0 Å². The highest BCUT2D eigenvalue weighted by Gasteiger charge is 2.36. The number of carbonyl (C=O) groups is 2. The number of nitrogens with zero attached hydrogens (tertiary/aromatic N) is 2. The third-order valence-corrected chi connectivity index (χ3v) is 4.22. The molecule has 1 aromatic heterocycles. The minimum absolute atomic E-state index is 0.0546. The van der Waals surface area contributed by atoms with Gasteiger partial charge in [0.2, 0.25) is 5.91 Å². The highest BCUT2D eigenvalue weighted by Crippen LogP contribution is 2.19. The molecule has 1 fully saturated rings. The number of rotatable bonds is 9. The monoisotopic (exact) mass is 321 g/mol. The first-order chi connectivity index (χ1) is 11.1. The molecule has 1 N–H and O–H groups in total. The van der Waals surface area contributed by atoms with Gasteiger partial charge in [0.1, 0.15) is 5.76 Å². The van der Waals surface area contributed by atoms with Gasteiger partial charge < -0.3 is 14.7 Å². The maximum absolute atomic E-state index is 12.1. The summed E-state index contributed by atoms with van der Waals surface area (Å²) in [6.07, 6.45) is 7.27. The summed E-state index contributed by atoms with van der Waals surface area (Å²) < 4.78 is 4.90. The maximum atomic E-state index is 12.1. The van der Waals surface area contributed by atoms with Crippen molar-refractivity contribution in [2.45, 2.75) is 52.4 Å². The van der Waals surface area contributed by atoms with Crippen LogP contribution in [0.5, 0.6) is 0 Å². The SMILES string of the molecule is CCCCCCCCNC(=O)C1CN(C(=O)c2cc(C)on2)C1. The van der Waals surface area contributed by atoms with Crippen molar-refractivity contribution in [2.75, 3.05) is 19.6 Å². The highest BCUT2D eigenvalue weighted by molar-refractivity contribution is 5.94. The first-order valence-electron chi connectivity index (χ1n) is 8.62. The van der Waals surface area contributed by atoms with Crippen LogP contribution in [0.2, 0.25) is 0 Å². The molecule has 6 heteroatoms. The number of aryl methyl sites for hydroxylation is 1. The van der Waals surface area contributed by atoms with Crippen molar-refractivity contribution in [1.29, 1.82) is 0 Å². The third kappa shape index (κ3) is 5.08. The molecule has 1 aliphatic heterocycles. The molecule has 2 amide bonds. The Bertz CT molecular complexity index is 521. The molecule has 2 rings (SSSR count). The lowest BCUT2D eigenvalue weighted by molar-refractivity contribution is -0.128. The van der Waals surface area contributed by atoms with Crippen molar-refractivity contribution >= 4 is 11.8 Å². The third-order valence-electron chi connectivity index (χ3n) is 4.22. The number of likely N-dealkylation sites (tertiary alicyclic amines) is 1. The average molecular weight is 321 g/mol. The van der Waals surface area contributed by atoms with Crippen LogP contribution >= 0.6 is 0 Å². The Labute approximate surface area is 137 Å². The molecule has 1 saturated heterocycles. The molecule has 0 atom stereocenters. The van der Waals surface area contributed by atoms with Crippen LogP contribution in [-0.2, 0) is 4.79 Å². The standard InChI is InChI=1S/C17H27N3O3/c1-3-4-5-6-7-8-9-18-16(21)14-11-20(12-14)17(22)15-10-13(2)23-19-15/h10,14H,3-9,11-12H2,1-2H3,(H,18,21). The fourth-order valence-corrected chi connectivity index (χ4v) is 2.70. The van der Waals surface area contributed by atoms with Gasteiger partial charge in [0.05, 0.1) is 5.92 Å². The summed E-state index contributed by atoms with van der Waals surface area (Å²) in [4.78, 5) is 25.7. The Hall–Kier alpha value is -1.85. The smallest absolute Gasteiger partial charge is 0.276 e. The lowest BCUT2D eigenvalue weighted by Gasteiger charge is -2.37. The number of nitrogens with one attached hydrogen (secondary N) is 1. The zero-order valence-electron chi connectivity index (χ0n) is 14.1. The quantitative estimate of drug-likeness (QED) is 0.709. The summed E-state index contributed by atoms with van der Waals surface area (Å²) in [5, 5.41) is 6.68. The van der Waals surface area contributed by atoms with Gasteiger partial charge in [-0.1, -0.05) is 44.2 Å². The fraction of sp³-hybridized carbons (Fsp3) is 0.706. The molecule has 2 heterocycles. The van der Waals surface area contributed by atoms with E-state index in [0.29, 0.717) is 24.5 Å². The van der Waals surface area contributed by atoms with E-state index in [-0.39, 0.29) is 17.7 Å². The Morgan fingerprint density at radius 1 is 1.26 bits per heavy atom. The van der Waals surface area contributed by atoms with E-state index in [9.17, 15) is 9.59 Å². The number of amides is 2. The topological polar surface area (TPSA) is 75.4 Å². The number of hydrogen-bond donors (Lipinski definition) is 1. The Morgan fingerprint density at radius 2 is 1.96 bits per heavy atom. The van der Waals surface area contributed by atoms with Crippen molar-refractivity contribution < 1.29 is 14.1 Å². The van der Waals surface area contributed by atoms with Crippen LogP contribution in [0.4, 0.5) is 0 Å². The summed E-state index contributed by atoms with van der Waals surface area (Å²) in [5.74, 6) is 0.412.